The molecule has 3 N–H and O–H groups in total. The van der Waals surface area contributed by atoms with E-state index in [1.165, 1.54) is 6.07 Å². The SMILES string of the molecule is NCC(O)(c1ccccc1F)C1CC1. The Bertz CT molecular complexity index is 338. The van der Waals surface area contributed by atoms with Crippen molar-refractivity contribution in [2.45, 2.75) is 18.4 Å². The van der Waals surface area contributed by atoms with E-state index in [9.17, 15) is 9.50 Å². The van der Waals surface area contributed by atoms with Crippen molar-refractivity contribution in [2.24, 2.45) is 11.7 Å². The summed E-state index contributed by atoms with van der Waals surface area (Å²) >= 11 is 0. The van der Waals surface area contributed by atoms with E-state index in [2.05, 4.69) is 0 Å². The molecule has 1 fully saturated rings. The minimum atomic E-state index is -1.16. The van der Waals surface area contributed by atoms with Crippen molar-refractivity contribution < 1.29 is 9.50 Å². The van der Waals surface area contributed by atoms with E-state index in [1.807, 2.05) is 0 Å². The second-order valence-corrected chi connectivity index (χ2v) is 3.88. The van der Waals surface area contributed by atoms with E-state index in [0.717, 1.165) is 12.8 Å². The topological polar surface area (TPSA) is 46.2 Å². The second kappa shape index (κ2) is 3.33. The van der Waals surface area contributed by atoms with Gasteiger partial charge in [0.2, 0.25) is 0 Å². The van der Waals surface area contributed by atoms with Crippen LogP contribution in [-0.2, 0) is 5.60 Å². The Labute approximate surface area is 82.5 Å². The quantitative estimate of drug-likeness (QED) is 0.765. The second-order valence-electron chi connectivity index (χ2n) is 3.88. The molecule has 1 saturated carbocycles. The fourth-order valence-corrected chi connectivity index (χ4v) is 1.87. The molecular formula is C11H14FNO. The molecule has 3 heteroatoms. The standard InChI is InChI=1S/C11H14FNO/c12-10-4-2-1-3-9(10)11(14,7-13)8-5-6-8/h1-4,8,14H,5-7,13H2. The van der Waals surface area contributed by atoms with E-state index in [1.54, 1.807) is 18.2 Å². The molecule has 1 aromatic rings. The van der Waals surface area contributed by atoms with Crippen LogP contribution in [0.5, 0.6) is 0 Å². The predicted octanol–water partition coefficient (Wildman–Crippen LogP) is 1.38. The Balaban J connectivity index is 2.40. The Hall–Kier alpha value is -0.930. The molecular weight excluding hydrogens is 181 g/mol. The van der Waals surface area contributed by atoms with Crippen LogP contribution in [0.4, 0.5) is 4.39 Å². The van der Waals surface area contributed by atoms with Crippen LogP contribution >= 0.6 is 0 Å². The lowest BCUT2D eigenvalue weighted by atomic mass is 9.88. The molecule has 0 aromatic heterocycles. The van der Waals surface area contributed by atoms with Gasteiger partial charge >= 0.3 is 0 Å². The van der Waals surface area contributed by atoms with Gasteiger partial charge in [-0.2, -0.15) is 0 Å². The molecule has 2 nitrogen and oxygen atoms in total. The van der Waals surface area contributed by atoms with Crippen LogP contribution in [0, 0.1) is 11.7 Å². The molecule has 76 valence electrons. The summed E-state index contributed by atoms with van der Waals surface area (Å²) in [4.78, 5) is 0. The first-order valence-corrected chi connectivity index (χ1v) is 4.86. The molecule has 0 spiro atoms. The third kappa shape index (κ3) is 1.42. The molecule has 1 aliphatic rings. The number of halogens is 1. The van der Waals surface area contributed by atoms with Gasteiger partial charge in [-0.1, -0.05) is 18.2 Å². The Morgan fingerprint density at radius 2 is 2.07 bits per heavy atom. The third-order valence-corrected chi connectivity index (χ3v) is 2.90. The summed E-state index contributed by atoms with van der Waals surface area (Å²) in [6.45, 7) is 0.0819. The van der Waals surface area contributed by atoms with Crippen LogP contribution in [-0.4, -0.2) is 11.7 Å². The molecule has 1 aromatic carbocycles. The summed E-state index contributed by atoms with van der Waals surface area (Å²) in [5.41, 5.74) is 4.71. The van der Waals surface area contributed by atoms with Gasteiger partial charge in [-0.05, 0) is 24.8 Å². The number of nitrogens with two attached hydrogens (primary N) is 1. The maximum absolute atomic E-state index is 13.4. The molecule has 0 radical (unpaired) electrons. The maximum Gasteiger partial charge on any atom is 0.129 e. The van der Waals surface area contributed by atoms with Gasteiger partial charge in [0, 0.05) is 12.1 Å². The lowest BCUT2D eigenvalue weighted by Crippen LogP contribution is -2.38. The van der Waals surface area contributed by atoms with Crippen LogP contribution in [0.2, 0.25) is 0 Å². The number of rotatable bonds is 3. The van der Waals surface area contributed by atoms with Crippen LogP contribution in [0.3, 0.4) is 0 Å². The van der Waals surface area contributed by atoms with Crippen molar-refractivity contribution in [1.82, 2.24) is 0 Å². The number of benzene rings is 1. The highest BCUT2D eigenvalue weighted by atomic mass is 19.1. The zero-order chi connectivity index (χ0) is 10.2. The maximum atomic E-state index is 13.4. The summed E-state index contributed by atoms with van der Waals surface area (Å²) in [5.74, 6) is -0.239. The van der Waals surface area contributed by atoms with E-state index >= 15 is 0 Å². The fourth-order valence-electron chi connectivity index (χ4n) is 1.87. The lowest BCUT2D eigenvalue weighted by molar-refractivity contribution is 0.0188. The molecule has 0 heterocycles. The van der Waals surface area contributed by atoms with Crippen molar-refractivity contribution in [3.05, 3.63) is 35.6 Å². The number of hydrogen-bond donors (Lipinski definition) is 2. The number of hydrogen-bond acceptors (Lipinski definition) is 2. The molecule has 2 rings (SSSR count). The van der Waals surface area contributed by atoms with Crippen molar-refractivity contribution >= 4 is 0 Å². The van der Waals surface area contributed by atoms with Crippen molar-refractivity contribution in [3.63, 3.8) is 0 Å². The molecule has 1 unspecified atom stereocenters. The smallest absolute Gasteiger partial charge is 0.129 e. The van der Waals surface area contributed by atoms with Gasteiger partial charge < -0.3 is 10.8 Å². The molecule has 0 bridgehead atoms. The Morgan fingerprint density at radius 3 is 2.57 bits per heavy atom. The third-order valence-electron chi connectivity index (χ3n) is 2.90. The first kappa shape index (κ1) is 9.62. The molecule has 0 saturated heterocycles. The average molecular weight is 195 g/mol. The summed E-state index contributed by atoms with van der Waals surface area (Å²) < 4.78 is 13.4. The van der Waals surface area contributed by atoms with Crippen LogP contribution < -0.4 is 5.73 Å². The summed E-state index contributed by atoms with van der Waals surface area (Å²) in [6, 6.07) is 6.31. The number of aliphatic hydroxyl groups is 1. The molecule has 14 heavy (non-hydrogen) atoms. The lowest BCUT2D eigenvalue weighted by Gasteiger charge is -2.27. The highest BCUT2D eigenvalue weighted by Crippen LogP contribution is 2.45. The van der Waals surface area contributed by atoms with Gasteiger partial charge in [-0.25, -0.2) is 4.39 Å². The van der Waals surface area contributed by atoms with Gasteiger partial charge in [0.15, 0.2) is 0 Å². The van der Waals surface area contributed by atoms with E-state index in [4.69, 9.17) is 5.73 Å². The van der Waals surface area contributed by atoms with Gasteiger partial charge in [0.25, 0.3) is 0 Å². The Morgan fingerprint density at radius 1 is 1.43 bits per heavy atom. The van der Waals surface area contributed by atoms with Crippen LogP contribution in [0.15, 0.2) is 24.3 Å². The van der Waals surface area contributed by atoms with Crippen molar-refractivity contribution in [3.8, 4) is 0 Å². The van der Waals surface area contributed by atoms with Crippen LogP contribution in [0.1, 0.15) is 18.4 Å². The zero-order valence-electron chi connectivity index (χ0n) is 7.91. The van der Waals surface area contributed by atoms with Crippen LogP contribution in [0.25, 0.3) is 0 Å². The van der Waals surface area contributed by atoms with Gasteiger partial charge in [0.05, 0.1) is 0 Å². The summed E-state index contributed by atoms with van der Waals surface area (Å²) in [5, 5.41) is 10.2. The minimum Gasteiger partial charge on any atom is -0.383 e. The largest absolute Gasteiger partial charge is 0.383 e. The normalized spacial score (nSPS) is 20.5. The minimum absolute atomic E-state index is 0.0819. The monoisotopic (exact) mass is 195 g/mol. The van der Waals surface area contributed by atoms with E-state index in [-0.39, 0.29) is 18.3 Å². The first-order chi connectivity index (χ1) is 6.68. The predicted molar refractivity (Wildman–Crippen MR) is 52.1 cm³/mol. The van der Waals surface area contributed by atoms with Gasteiger partial charge in [0.1, 0.15) is 11.4 Å². The molecule has 1 aliphatic carbocycles. The van der Waals surface area contributed by atoms with Crippen molar-refractivity contribution in [1.29, 1.82) is 0 Å². The highest BCUT2D eigenvalue weighted by molar-refractivity contribution is 5.27. The molecule has 0 aliphatic heterocycles. The first-order valence-electron chi connectivity index (χ1n) is 4.86. The van der Waals surface area contributed by atoms with E-state index in [0.29, 0.717) is 5.56 Å². The fraction of sp³-hybridized carbons (Fsp3) is 0.455. The summed E-state index contributed by atoms with van der Waals surface area (Å²) in [6.07, 6.45) is 1.87. The zero-order valence-corrected chi connectivity index (χ0v) is 7.91. The average Bonchev–Trinajstić information content (AvgIpc) is 3.01. The molecule has 0 amide bonds. The van der Waals surface area contributed by atoms with Gasteiger partial charge in [-0.3, -0.25) is 0 Å². The Kier molecular flexibility index (Phi) is 2.29. The molecule has 1 atom stereocenters. The highest BCUT2D eigenvalue weighted by Gasteiger charge is 2.45. The summed E-state index contributed by atoms with van der Waals surface area (Å²) in [7, 11) is 0. The van der Waals surface area contributed by atoms with Gasteiger partial charge in [-0.15, -0.1) is 0 Å². The van der Waals surface area contributed by atoms with Crippen molar-refractivity contribution in [2.75, 3.05) is 6.54 Å². The van der Waals surface area contributed by atoms with E-state index < -0.39 is 5.60 Å².